The van der Waals surface area contributed by atoms with Gasteiger partial charge in [-0.05, 0) is 43.7 Å². The third-order valence-electron chi connectivity index (χ3n) is 3.54. The van der Waals surface area contributed by atoms with E-state index in [0.717, 1.165) is 5.56 Å². The van der Waals surface area contributed by atoms with Crippen LogP contribution in [0.3, 0.4) is 0 Å². The Morgan fingerprint density at radius 3 is 2.04 bits per heavy atom. The Kier molecular flexibility index (Phi) is 6.41. The lowest BCUT2D eigenvalue weighted by atomic mass is 9.86. The van der Waals surface area contributed by atoms with Gasteiger partial charge in [0.25, 0.3) is 0 Å². The summed E-state index contributed by atoms with van der Waals surface area (Å²) in [5.41, 5.74) is 1.58. The van der Waals surface area contributed by atoms with Crippen LogP contribution in [-0.4, -0.2) is 29.3 Å². The van der Waals surface area contributed by atoms with Gasteiger partial charge >= 0.3 is 12.1 Å². The minimum absolute atomic E-state index is 0.0330. The zero-order valence-electron chi connectivity index (χ0n) is 15.5. The van der Waals surface area contributed by atoms with Gasteiger partial charge in [-0.15, -0.1) is 0 Å². The fraction of sp³-hybridized carbons (Fsp3) is 0.579. The second-order valence-electron chi connectivity index (χ2n) is 8.07. The van der Waals surface area contributed by atoms with Crippen LogP contribution in [-0.2, 0) is 21.4 Å². The number of hydrogen-bond donors (Lipinski definition) is 2. The average Bonchev–Trinajstić information content (AvgIpc) is 2.40. The quantitative estimate of drug-likeness (QED) is 0.859. The Morgan fingerprint density at radius 1 is 1.08 bits per heavy atom. The molecule has 1 atom stereocenters. The minimum atomic E-state index is -0.939. The Labute approximate surface area is 144 Å². The van der Waals surface area contributed by atoms with Gasteiger partial charge in [0.1, 0.15) is 5.60 Å². The Balaban J connectivity index is 2.67. The molecule has 0 heterocycles. The Bertz CT molecular complexity index is 565. The Morgan fingerprint density at radius 2 is 1.62 bits per heavy atom. The number of carbonyl (C=O) groups excluding carboxylic acids is 1. The van der Waals surface area contributed by atoms with E-state index in [1.807, 2.05) is 24.3 Å². The molecule has 1 amide bonds. The molecule has 2 N–H and O–H groups in total. The zero-order valence-corrected chi connectivity index (χ0v) is 15.5. The van der Waals surface area contributed by atoms with Gasteiger partial charge in [-0.25, -0.2) is 4.79 Å². The summed E-state index contributed by atoms with van der Waals surface area (Å²) < 4.78 is 5.13. The number of aliphatic carboxylic acids is 1. The predicted molar refractivity (Wildman–Crippen MR) is 94.2 cm³/mol. The molecule has 0 saturated heterocycles. The first kappa shape index (κ1) is 20.0. The SMILES string of the molecule is CC(C)(C)OC(=O)NC[C@@H](Cc1ccc(C(C)(C)C)cc1)C(=O)O. The van der Waals surface area contributed by atoms with Crippen LogP contribution < -0.4 is 5.32 Å². The van der Waals surface area contributed by atoms with Crippen LogP contribution in [0, 0.1) is 5.92 Å². The molecule has 0 aliphatic carbocycles. The van der Waals surface area contributed by atoms with Crippen LogP contribution in [0.15, 0.2) is 24.3 Å². The lowest BCUT2D eigenvalue weighted by molar-refractivity contribution is -0.141. The van der Waals surface area contributed by atoms with E-state index in [4.69, 9.17) is 4.74 Å². The molecule has 0 radical (unpaired) electrons. The second kappa shape index (κ2) is 7.69. The predicted octanol–water partition coefficient (Wildman–Crippen LogP) is 3.75. The second-order valence-corrected chi connectivity index (χ2v) is 8.07. The van der Waals surface area contributed by atoms with Gasteiger partial charge in [0.05, 0.1) is 5.92 Å². The Hall–Kier alpha value is -2.04. The van der Waals surface area contributed by atoms with Crippen molar-refractivity contribution in [2.75, 3.05) is 6.54 Å². The summed E-state index contributed by atoms with van der Waals surface area (Å²) in [7, 11) is 0. The van der Waals surface area contributed by atoms with Crippen LogP contribution >= 0.6 is 0 Å². The largest absolute Gasteiger partial charge is 0.481 e. The summed E-state index contributed by atoms with van der Waals surface area (Å²) >= 11 is 0. The molecule has 0 bridgehead atoms. The molecule has 5 nitrogen and oxygen atoms in total. The van der Waals surface area contributed by atoms with Crippen LogP contribution in [0.4, 0.5) is 4.79 Å². The number of ether oxygens (including phenoxy) is 1. The minimum Gasteiger partial charge on any atom is -0.481 e. The summed E-state index contributed by atoms with van der Waals surface area (Å²) in [6.07, 6.45) is -0.243. The van der Waals surface area contributed by atoms with E-state index in [0.29, 0.717) is 6.42 Å². The molecule has 0 unspecified atom stereocenters. The highest BCUT2D eigenvalue weighted by Gasteiger charge is 2.22. The normalized spacial score (nSPS) is 13.2. The van der Waals surface area contributed by atoms with Crippen molar-refractivity contribution in [3.05, 3.63) is 35.4 Å². The maximum Gasteiger partial charge on any atom is 0.407 e. The van der Waals surface area contributed by atoms with Gasteiger partial charge in [0.15, 0.2) is 0 Å². The standard InChI is InChI=1S/C19H29NO4/c1-18(2,3)15-9-7-13(8-10-15)11-14(16(21)22)12-20-17(23)24-19(4,5)6/h7-10,14H,11-12H2,1-6H3,(H,20,23)(H,21,22)/t14-/m1/s1. The summed E-state index contributed by atoms with van der Waals surface area (Å²) in [6.45, 7) is 11.7. The zero-order chi connectivity index (χ0) is 18.5. The molecule has 1 aromatic carbocycles. The number of carboxylic acids is 1. The van der Waals surface area contributed by atoms with Crippen molar-refractivity contribution in [3.63, 3.8) is 0 Å². The van der Waals surface area contributed by atoms with Crippen LogP contribution in [0.1, 0.15) is 52.7 Å². The fourth-order valence-electron chi connectivity index (χ4n) is 2.19. The molecular formula is C19H29NO4. The van der Waals surface area contributed by atoms with E-state index in [2.05, 4.69) is 26.1 Å². The van der Waals surface area contributed by atoms with Gasteiger partial charge in [0.2, 0.25) is 0 Å². The summed E-state index contributed by atoms with van der Waals surface area (Å²) in [5.74, 6) is -1.64. The number of nitrogens with one attached hydrogen (secondary N) is 1. The van der Waals surface area contributed by atoms with Crippen LogP contribution in [0.5, 0.6) is 0 Å². The number of alkyl carbamates (subject to hydrolysis) is 1. The van der Waals surface area contributed by atoms with Crippen molar-refractivity contribution in [1.82, 2.24) is 5.32 Å². The molecule has 5 heteroatoms. The lowest BCUT2D eigenvalue weighted by Gasteiger charge is -2.21. The van der Waals surface area contributed by atoms with Gasteiger partial charge in [-0.3, -0.25) is 4.79 Å². The van der Waals surface area contributed by atoms with Crippen LogP contribution in [0.25, 0.3) is 0 Å². The van der Waals surface area contributed by atoms with Gasteiger partial charge in [-0.2, -0.15) is 0 Å². The number of carboxylic acid groups (broad SMARTS) is 1. The van der Waals surface area contributed by atoms with Gasteiger partial charge in [-0.1, -0.05) is 45.0 Å². The third-order valence-corrected chi connectivity index (χ3v) is 3.54. The summed E-state index contributed by atoms with van der Waals surface area (Å²) in [5, 5.41) is 11.9. The maximum atomic E-state index is 11.7. The molecule has 0 fully saturated rings. The van der Waals surface area contributed by atoms with E-state index in [9.17, 15) is 14.7 Å². The molecule has 24 heavy (non-hydrogen) atoms. The number of carbonyl (C=O) groups is 2. The molecule has 1 rings (SSSR count). The van der Waals surface area contributed by atoms with E-state index in [1.165, 1.54) is 5.56 Å². The average molecular weight is 335 g/mol. The third kappa shape index (κ3) is 7.02. The van der Waals surface area contributed by atoms with Gasteiger partial charge in [0, 0.05) is 6.54 Å². The van der Waals surface area contributed by atoms with Crippen LogP contribution in [0.2, 0.25) is 0 Å². The smallest absolute Gasteiger partial charge is 0.407 e. The van der Waals surface area contributed by atoms with Crippen molar-refractivity contribution in [2.45, 2.75) is 59.0 Å². The lowest BCUT2D eigenvalue weighted by Crippen LogP contribution is -2.37. The van der Waals surface area contributed by atoms with Gasteiger partial charge < -0.3 is 15.2 Å². The van der Waals surface area contributed by atoms with E-state index in [-0.39, 0.29) is 12.0 Å². The molecule has 0 spiro atoms. The molecule has 1 aromatic rings. The van der Waals surface area contributed by atoms with Crippen molar-refractivity contribution in [1.29, 1.82) is 0 Å². The number of rotatable bonds is 5. The summed E-state index contributed by atoms with van der Waals surface area (Å²) in [6, 6.07) is 7.94. The number of amides is 1. The molecule has 0 aliphatic rings. The highest BCUT2D eigenvalue weighted by atomic mass is 16.6. The van der Waals surface area contributed by atoms with E-state index >= 15 is 0 Å². The fourth-order valence-corrected chi connectivity index (χ4v) is 2.19. The topological polar surface area (TPSA) is 75.6 Å². The molecule has 0 aromatic heterocycles. The number of benzene rings is 1. The molecular weight excluding hydrogens is 306 g/mol. The first-order valence-electron chi connectivity index (χ1n) is 8.17. The van der Waals surface area contributed by atoms with Crippen molar-refractivity contribution in [2.24, 2.45) is 5.92 Å². The van der Waals surface area contributed by atoms with E-state index in [1.54, 1.807) is 20.8 Å². The monoisotopic (exact) mass is 335 g/mol. The van der Waals surface area contributed by atoms with Crippen molar-refractivity contribution >= 4 is 12.1 Å². The first-order valence-corrected chi connectivity index (χ1v) is 8.17. The molecule has 134 valence electrons. The first-order chi connectivity index (χ1) is 10.9. The van der Waals surface area contributed by atoms with Crippen molar-refractivity contribution < 1.29 is 19.4 Å². The van der Waals surface area contributed by atoms with Crippen molar-refractivity contribution in [3.8, 4) is 0 Å². The number of hydrogen-bond acceptors (Lipinski definition) is 3. The highest BCUT2D eigenvalue weighted by molar-refractivity contribution is 5.73. The maximum absolute atomic E-state index is 11.7. The summed E-state index contributed by atoms with van der Waals surface area (Å²) in [4.78, 5) is 23.1. The highest BCUT2D eigenvalue weighted by Crippen LogP contribution is 2.23. The molecule has 0 aliphatic heterocycles. The van der Waals surface area contributed by atoms with E-state index < -0.39 is 23.6 Å². The molecule has 0 saturated carbocycles.